The molecular weight excluding hydrogens is 360 g/mol. The highest BCUT2D eigenvalue weighted by Crippen LogP contribution is 2.26. The molecule has 0 saturated heterocycles. The number of hydrogen-bond donors (Lipinski definition) is 0. The number of fused-ring (bicyclic) bond motifs is 1. The van der Waals surface area contributed by atoms with Gasteiger partial charge < -0.3 is 9.64 Å². The molecule has 29 heavy (non-hydrogen) atoms. The Morgan fingerprint density at radius 3 is 2.52 bits per heavy atom. The summed E-state index contributed by atoms with van der Waals surface area (Å²) < 4.78 is 5.58. The lowest BCUT2D eigenvalue weighted by atomic mass is 10.0. The first-order valence-electron chi connectivity index (χ1n) is 10.2. The standard InChI is InChI=1S/C25H26N2O2/c1-2-19-5-7-20(8-6-19)17-27(18-22-4-3-12-26-16-22)25(28)15-21-9-10-24-23(14-21)11-13-29-24/h3-10,12,14,16H,2,11,13,15,17-18H2,1H3. The molecule has 4 rings (SSSR count). The third-order valence-electron chi connectivity index (χ3n) is 5.36. The molecule has 0 saturated carbocycles. The van der Waals surface area contributed by atoms with Gasteiger partial charge >= 0.3 is 0 Å². The van der Waals surface area contributed by atoms with Crippen LogP contribution in [0.3, 0.4) is 0 Å². The molecule has 0 N–H and O–H groups in total. The number of pyridine rings is 1. The minimum absolute atomic E-state index is 0.118. The summed E-state index contributed by atoms with van der Waals surface area (Å²) in [7, 11) is 0. The Bertz CT molecular complexity index is 968. The Hall–Kier alpha value is -3.14. The smallest absolute Gasteiger partial charge is 0.227 e. The first-order chi connectivity index (χ1) is 14.2. The van der Waals surface area contributed by atoms with Crippen molar-refractivity contribution in [1.29, 1.82) is 0 Å². The van der Waals surface area contributed by atoms with Gasteiger partial charge in [0, 0.05) is 31.9 Å². The Labute approximate surface area is 172 Å². The van der Waals surface area contributed by atoms with E-state index < -0.39 is 0 Å². The Kier molecular flexibility index (Phi) is 5.89. The van der Waals surface area contributed by atoms with E-state index in [0.717, 1.165) is 41.9 Å². The van der Waals surface area contributed by atoms with Crippen LogP contribution in [0.15, 0.2) is 67.0 Å². The Balaban J connectivity index is 1.52. The van der Waals surface area contributed by atoms with Gasteiger partial charge in [-0.2, -0.15) is 0 Å². The Morgan fingerprint density at radius 1 is 1.00 bits per heavy atom. The molecule has 3 aromatic rings. The normalized spacial score (nSPS) is 12.3. The second-order valence-electron chi connectivity index (χ2n) is 7.50. The maximum Gasteiger partial charge on any atom is 0.227 e. The fourth-order valence-corrected chi connectivity index (χ4v) is 3.68. The van der Waals surface area contributed by atoms with E-state index in [4.69, 9.17) is 4.74 Å². The maximum absolute atomic E-state index is 13.2. The zero-order valence-corrected chi connectivity index (χ0v) is 16.8. The molecule has 2 aromatic carbocycles. The van der Waals surface area contributed by atoms with Crippen LogP contribution in [0.25, 0.3) is 0 Å². The minimum atomic E-state index is 0.118. The molecule has 0 unspecified atom stereocenters. The summed E-state index contributed by atoms with van der Waals surface area (Å²) in [6.45, 7) is 4.02. The lowest BCUT2D eigenvalue weighted by molar-refractivity contribution is -0.131. The van der Waals surface area contributed by atoms with Crippen molar-refractivity contribution in [2.45, 2.75) is 39.3 Å². The second-order valence-corrected chi connectivity index (χ2v) is 7.50. The number of hydrogen-bond acceptors (Lipinski definition) is 3. The molecule has 0 atom stereocenters. The number of carbonyl (C=O) groups excluding carboxylic acids is 1. The number of amides is 1. The molecule has 0 spiro atoms. The molecule has 1 aliphatic heterocycles. The fourth-order valence-electron chi connectivity index (χ4n) is 3.68. The summed E-state index contributed by atoms with van der Waals surface area (Å²) in [5.41, 5.74) is 5.72. The number of ether oxygens (including phenoxy) is 1. The van der Waals surface area contributed by atoms with E-state index in [9.17, 15) is 4.79 Å². The van der Waals surface area contributed by atoms with Crippen LogP contribution in [0.4, 0.5) is 0 Å². The minimum Gasteiger partial charge on any atom is -0.493 e. The van der Waals surface area contributed by atoms with E-state index in [1.807, 2.05) is 35.4 Å². The molecule has 4 nitrogen and oxygen atoms in total. The summed E-state index contributed by atoms with van der Waals surface area (Å²) in [6, 6.07) is 18.5. The summed E-state index contributed by atoms with van der Waals surface area (Å²) in [5.74, 6) is 1.07. The number of aryl methyl sites for hydroxylation is 1. The molecule has 148 valence electrons. The van der Waals surface area contributed by atoms with Crippen LogP contribution in [0.5, 0.6) is 5.75 Å². The van der Waals surface area contributed by atoms with Crippen LogP contribution >= 0.6 is 0 Å². The lowest BCUT2D eigenvalue weighted by Crippen LogP contribution is -2.31. The van der Waals surface area contributed by atoms with Gasteiger partial charge in [-0.3, -0.25) is 9.78 Å². The number of carbonyl (C=O) groups is 1. The van der Waals surface area contributed by atoms with Crippen molar-refractivity contribution in [3.8, 4) is 5.75 Å². The van der Waals surface area contributed by atoms with Crippen LogP contribution in [0, 0.1) is 0 Å². The van der Waals surface area contributed by atoms with Gasteiger partial charge in [-0.15, -0.1) is 0 Å². The fraction of sp³-hybridized carbons (Fsp3) is 0.280. The van der Waals surface area contributed by atoms with Crippen LogP contribution in [0.1, 0.15) is 34.7 Å². The SMILES string of the molecule is CCc1ccc(CN(Cc2cccnc2)C(=O)Cc2ccc3c(c2)CCO3)cc1. The van der Waals surface area contributed by atoms with Crippen molar-refractivity contribution in [2.24, 2.45) is 0 Å². The zero-order chi connectivity index (χ0) is 20.1. The van der Waals surface area contributed by atoms with E-state index in [1.54, 1.807) is 6.20 Å². The average molecular weight is 386 g/mol. The lowest BCUT2D eigenvalue weighted by Gasteiger charge is -2.23. The first kappa shape index (κ1) is 19.2. The van der Waals surface area contributed by atoms with Crippen molar-refractivity contribution in [2.75, 3.05) is 6.61 Å². The van der Waals surface area contributed by atoms with Gasteiger partial charge in [0.25, 0.3) is 0 Å². The summed E-state index contributed by atoms with van der Waals surface area (Å²) in [5, 5.41) is 0. The number of nitrogens with zero attached hydrogens (tertiary/aromatic N) is 2. The highest BCUT2D eigenvalue weighted by atomic mass is 16.5. The van der Waals surface area contributed by atoms with Crippen molar-refractivity contribution in [3.05, 3.63) is 94.8 Å². The van der Waals surface area contributed by atoms with E-state index >= 15 is 0 Å². The average Bonchev–Trinajstić information content (AvgIpc) is 3.22. The second kappa shape index (κ2) is 8.91. The van der Waals surface area contributed by atoms with Crippen molar-refractivity contribution >= 4 is 5.91 Å². The topological polar surface area (TPSA) is 42.4 Å². The predicted octanol–water partition coefficient (Wildman–Crippen LogP) is 4.35. The predicted molar refractivity (Wildman–Crippen MR) is 114 cm³/mol. The van der Waals surface area contributed by atoms with Crippen LogP contribution in [-0.4, -0.2) is 22.4 Å². The van der Waals surface area contributed by atoms with Gasteiger partial charge in [-0.1, -0.05) is 49.4 Å². The first-order valence-corrected chi connectivity index (χ1v) is 10.2. The van der Waals surface area contributed by atoms with Gasteiger partial charge in [0.1, 0.15) is 5.75 Å². The van der Waals surface area contributed by atoms with Gasteiger partial charge in [0.2, 0.25) is 5.91 Å². The van der Waals surface area contributed by atoms with Gasteiger partial charge in [-0.25, -0.2) is 0 Å². The molecule has 0 fully saturated rings. The van der Waals surface area contributed by atoms with Crippen molar-refractivity contribution in [1.82, 2.24) is 9.88 Å². The molecule has 1 amide bonds. The van der Waals surface area contributed by atoms with Gasteiger partial charge in [-0.05, 0) is 46.4 Å². The summed E-state index contributed by atoms with van der Waals surface area (Å²) in [6.07, 6.45) is 5.90. The molecule has 4 heteroatoms. The zero-order valence-electron chi connectivity index (χ0n) is 16.8. The monoisotopic (exact) mass is 386 g/mol. The van der Waals surface area contributed by atoms with Crippen molar-refractivity contribution < 1.29 is 9.53 Å². The van der Waals surface area contributed by atoms with Crippen molar-refractivity contribution in [3.63, 3.8) is 0 Å². The summed E-state index contributed by atoms with van der Waals surface area (Å²) in [4.78, 5) is 19.3. The molecule has 0 aliphatic carbocycles. The Morgan fingerprint density at radius 2 is 1.76 bits per heavy atom. The van der Waals surface area contributed by atoms with Gasteiger partial charge in [0.15, 0.2) is 0 Å². The third kappa shape index (κ3) is 4.83. The van der Waals surface area contributed by atoms with Crippen LogP contribution in [-0.2, 0) is 37.1 Å². The van der Waals surface area contributed by atoms with E-state index in [2.05, 4.69) is 42.2 Å². The maximum atomic E-state index is 13.2. The van der Waals surface area contributed by atoms with E-state index in [0.29, 0.717) is 19.5 Å². The number of benzene rings is 2. The van der Waals surface area contributed by atoms with Crippen LogP contribution in [0.2, 0.25) is 0 Å². The third-order valence-corrected chi connectivity index (χ3v) is 5.36. The quantitative estimate of drug-likeness (QED) is 0.606. The molecule has 0 bridgehead atoms. The van der Waals surface area contributed by atoms with Gasteiger partial charge in [0.05, 0.1) is 13.0 Å². The number of aromatic nitrogens is 1. The van der Waals surface area contributed by atoms with Crippen LogP contribution < -0.4 is 4.74 Å². The largest absolute Gasteiger partial charge is 0.493 e. The number of rotatable bonds is 7. The highest BCUT2D eigenvalue weighted by molar-refractivity contribution is 5.79. The summed E-state index contributed by atoms with van der Waals surface area (Å²) >= 11 is 0. The molecular formula is C25H26N2O2. The van der Waals surface area contributed by atoms with E-state index in [1.165, 1.54) is 11.1 Å². The molecule has 1 aromatic heterocycles. The highest BCUT2D eigenvalue weighted by Gasteiger charge is 2.18. The molecule has 2 heterocycles. The van der Waals surface area contributed by atoms with E-state index in [-0.39, 0.29) is 5.91 Å². The molecule has 0 radical (unpaired) electrons. The molecule has 1 aliphatic rings.